The van der Waals surface area contributed by atoms with Gasteiger partial charge in [-0.3, -0.25) is 67.1 Å². The monoisotopic (exact) mass is 1360 g/mol. The van der Waals surface area contributed by atoms with Crippen LogP contribution in [-0.2, 0) is 78.3 Å². The molecule has 13 atom stereocenters. The molecule has 0 aromatic heterocycles. The van der Waals surface area contributed by atoms with Crippen LogP contribution in [0.15, 0.2) is 30.3 Å². The predicted octanol–water partition coefficient (Wildman–Crippen LogP) is -9.26. The molecule has 38 heteroatoms. The van der Waals surface area contributed by atoms with Gasteiger partial charge >= 0.3 is 11.9 Å². The second kappa shape index (κ2) is 39.5. The minimum Gasteiger partial charge on any atom is -0.481 e. The van der Waals surface area contributed by atoms with E-state index in [-0.39, 0.29) is 63.9 Å². The number of primary amides is 1. The number of nitrogens with two attached hydrogens (primary N) is 3. The second-order valence-corrected chi connectivity index (χ2v) is 22.6. The third-order valence-electron chi connectivity index (χ3n) is 14.5. The van der Waals surface area contributed by atoms with Crippen molar-refractivity contribution in [2.45, 2.75) is 150 Å². The summed E-state index contributed by atoms with van der Waals surface area (Å²) < 4.78 is 0. The average Bonchev–Trinajstić information content (AvgIpc) is 1.64. The lowest BCUT2D eigenvalue weighted by Gasteiger charge is -2.31. The fourth-order valence-electron chi connectivity index (χ4n) is 9.56. The number of nitrogens with one attached hydrogen (secondary N) is 10. The number of carboxylic acids is 2. The van der Waals surface area contributed by atoms with Crippen molar-refractivity contribution >= 4 is 127 Å². The lowest BCUT2D eigenvalue weighted by molar-refractivity contribution is -0.144. The van der Waals surface area contributed by atoms with E-state index < -0.39 is 211 Å². The number of aliphatic hydroxyl groups excluding tert-OH is 3. The molecule has 2 aliphatic heterocycles. The lowest BCUT2D eigenvalue weighted by Crippen LogP contribution is -2.62. The Hall–Kier alpha value is -7.88. The highest BCUT2D eigenvalue weighted by Crippen LogP contribution is 2.22. The van der Waals surface area contributed by atoms with E-state index >= 15 is 0 Å². The number of hydrogen-bond acceptors (Lipinski definition) is 23. The second-order valence-electron chi connectivity index (χ2n) is 21.5. The van der Waals surface area contributed by atoms with Crippen molar-refractivity contribution in [3.8, 4) is 0 Å². The van der Waals surface area contributed by atoms with Crippen molar-refractivity contribution in [1.29, 1.82) is 0 Å². The number of hydrogen-bond donors (Lipinski definition) is 21. The first kappa shape index (κ1) is 78.4. The van der Waals surface area contributed by atoms with Gasteiger partial charge < -0.3 is 106 Å². The molecule has 0 aliphatic carbocycles. The Balaban J connectivity index is 1.66. The molecular weight excluding hydrogens is 1270 g/mol. The quantitative estimate of drug-likeness (QED) is 0.0215. The molecule has 0 saturated carbocycles. The summed E-state index contributed by atoms with van der Waals surface area (Å²) in [5.74, 6) is -17.6. The van der Waals surface area contributed by atoms with Gasteiger partial charge in [0.05, 0.1) is 44.7 Å². The van der Waals surface area contributed by atoms with E-state index in [0.29, 0.717) is 12.8 Å². The Kier molecular flexibility index (Phi) is 33.6. The number of rotatable bonds is 39. The molecule has 0 spiro atoms. The van der Waals surface area contributed by atoms with Crippen molar-refractivity contribution in [2.75, 3.05) is 56.7 Å². The zero-order valence-electron chi connectivity index (χ0n) is 50.2. The van der Waals surface area contributed by atoms with E-state index in [9.17, 15) is 97.5 Å². The number of carbonyl (C=O) groups excluding carboxylic acids is 13. The number of amides is 13. The molecule has 2 saturated heterocycles. The molecule has 13 unspecified atom stereocenters. The number of carbonyl (C=O) groups is 15. The first-order valence-corrected chi connectivity index (χ1v) is 31.0. The molecule has 0 bridgehead atoms. The lowest BCUT2D eigenvalue weighted by atomic mass is 10.0. The number of aliphatic hydroxyl groups is 3. The zero-order chi connectivity index (χ0) is 68.9. The number of carboxylic acid groups (broad SMARTS) is 2. The third-order valence-corrected chi connectivity index (χ3v) is 15.6. The van der Waals surface area contributed by atoms with Crippen LogP contribution in [-0.4, -0.2) is 259 Å². The van der Waals surface area contributed by atoms with Gasteiger partial charge in [-0.2, -0.15) is 37.9 Å². The average molecular weight is 1360 g/mol. The molecule has 92 heavy (non-hydrogen) atoms. The van der Waals surface area contributed by atoms with Gasteiger partial charge in [-0.15, -0.1) is 0 Å². The van der Waals surface area contributed by atoms with Crippen molar-refractivity contribution < 1.29 is 97.5 Å². The van der Waals surface area contributed by atoms with Crippen molar-refractivity contribution in [2.24, 2.45) is 17.2 Å². The standard InChI is InChI=1S/C54H83N15O20S3/c1-26(72)42(67-48(82)36(25-92)66-47(81)35(24-91)65-46(80)34(23-90)64-45(79)33(22-71)63-49(83)37-12-7-15-68(37)52(86)28(56)17-27-9-3-2-4-10-27)51(85)60-29(11-5-6-14-55)53(87)69-16-8-13-38(69)50(84)62-32(21-70)44(78)61-30(19-41(75)76)43(77)58-20-40(74)59-31(54(88)89)18-39(57)73/h2-4,9-10,26,28-38,42,70-72,90-92H,5-8,11-25,55-56H2,1H3,(H2,57,73)(H,58,77)(H,59,74)(H,60,85)(H,61,78)(H,62,84)(H,63,83)(H,64,79)(H,65,80)(H,66,81)(H,67,82)(H,75,76)(H,88,89). The van der Waals surface area contributed by atoms with E-state index in [0.717, 1.165) is 17.4 Å². The highest BCUT2D eigenvalue weighted by molar-refractivity contribution is 7.80. The largest absolute Gasteiger partial charge is 0.481 e. The van der Waals surface area contributed by atoms with Gasteiger partial charge in [0, 0.05) is 30.3 Å². The van der Waals surface area contributed by atoms with Crippen LogP contribution in [0.4, 0.5) is 0 Å². The fraction of sp³-hybridized carbons (Fsp3) is 0.611. The zero-order valence-corrected chi connectivity index (χ0v) is 52.8. The summed E-state index contributed by atoms with van der Waals surface area (Å²) in [6.45, 7) is -1.62. The van der Waals surface area contributed by atoms with Crippen LogP contribution >= 0.6 is 37.9 Å². The van der Waals surface area contributed by atoms with Crippen LogP contribution in [0.25, 0.3) is 0 Å². The Morgan fingerprint density at radius 3 is 1.46 bits per heavy atom. The molecule has 1 aromatic carbocycles. The number of likely N-dealkylation sites (tertiary alicyclic amines) is 2. The van der Waals surface area contributed by atoms with Crippen molar-refractivity contribution in [1.82, 2.24) is 63.0 Å². The van der Waals surface area contributed by atoms with Crippen molar-refractivity contribution in [3.63, 3.8) is 0 Å². The molecule has 1 aromatic rings. The van der Waals surface area contributed by atoms with E-state index in [2.05, 4.69) is 75.1 Å². The molecule has 2 fully saturated rings. The molecule has 2 heterocycles. The highest BCUT2D eigenvalue weighted by atomic mass is 32.1. The number of benzene rings is 1. The minimum absolute atomic E-state index is 0.0208. The Morgan fingerprint density at radius 2 is 1.02 bits per heavy atom. The molecule has 21 N–H and O–H groups in total. The summed E-state index contributed by atoms with van der Waals surface area (Å²) in [4.78, 5) is 198. The van der Waals surface area contributed by atoms with Gasteiger partial charge in [0.25, 0.3) is 0 Å². The van der Waals surface area contributed by atoms with Gasteiger partial charge in [0.1, 0.15) is 66.5 Å². The van der Waals surface area contributed by atoms with Gasteiger partial charge in [0.15, 0.2) is 0 Å². The van der Waals surface area contributed by atoms with E-state index in [1.54, 1.807) is 24.3 Å². The maximum absolute atomic E-state index is 14.3. The Bertz CT molecular complexity index is 2800. The summed E-state index contributed by atoms with van der Waals surface area (Å²) >= 11 is 12.5. The van der Waals surface area contributed by atoms with Gasteiger partial charge in [0.2, 0.25) is 76.8 Å². The highest BCUT2D eigenvalue weighted by Gasteiger charge is 2.42. The normalized spacial score (nSPS) is 18.0. The van der Waals surface area contributed by atoms with Crippen LogP contribution in [0.5, 0.6) is 0 Å². The third kappa shape index (κ3) is 24.6. The van der Waals surface area contributed by atoms with Crippen LogP contribution < -0.4 is 70.4 Å². The summed E-state index contributed by atoms with van der Waals surface area (Å²) in [6, 6.07) is -9.43. The molecule has 2 aliphatic rings. The van der Waals surface area contributed by atoms with Crippen molar-refractivity contribution in [3.05, 3.63) is 35.9 Å². The smallest absolute Gasteiger partial charge is 0.326 e. The summed E-state index contributed by atoms with van der Waals surface area (Å²) in [5.41, 5.74) is 17.7. The molecule has 13 amide bonds. The first-order chi connectivity index (χ1) is 43.5. The molecule has 35 nitrogen and oxygen atoms in total. The van der Waals surface area contributed by atoms with E-state index in [4.69, 9.17) is 17.2 Å². The maximum atomic E-state index is 14.3. The topological polar surface area (TPSA) is 562 Å². The Labute approximate surface area is 544 Å². The summed E-state index contributed by atoms with van der Waals surface area (Å²) in [5, 5.41) is 72.3. The Morgan fingerprint density at radius 1 is 0.565 bits per heavy atom. The number of aliphatic carboxylic acids is 2. The molecular formula is C54H83N15O20S3. The molecule has 0 radical (unpaired) electrons. The van der Waals surface area contributed by atoms with Crippen LogP contribution in [0.3, 0.4) is 0 Å². The number of thiol groups is 3. The molecule has 3 rings (SSSR count). The summed E-state index contributed by atoms with van der Waals surface area (Å²) in [6.07, 6.45) is -2.04. The number of nitrogens with zero attached hydrogens (tertiary/aromatic N) is 2. The molecule has 512 valence electrons. The van der Waals surface area contributed by atoms with Crippen LogP contribution in [0.2, 0.25) is 0 Å². The van der Waals surface area contributed by atoms with Crippen LogP contribution in [0, 0.1) is 0 Å². The van der Waals surface area contributed by atoms with Gasteiger partial charge in [-0.25, -0.2) is 4.79 Å². The maximum Gasteiger partial charge on any atom is 0.326 e. The minimum atomic E-state index is -1.95. The fourth-order valence-corrected chi connectivity index (χ4v) is 10.3. The van der Waals surface area contributed by atoms with Gasteiger partial charge in [-0.05, 0) is 70.4 Å². The first-order valence-electron chi connectivity index (χ1n) is 29.1. The predicted molar refractivity (Wildman–Crippen MR) is 332 cm³/mol. The SMILES string of the molecule is CC(O)C(NC(=O)C(CS)NC(=O)C(CS)NC(=O)C(CS)NC(=O)C(CO)NC(=O)C1CCCN1C(=O)C(N)Cc1ccccc1)C(=O)NC(CCCCN)C(=O)N1CCCC1C(=O)NC(CO)C(=O)NC(CC(=O)O)C(=O)NCC(=O)NC(CC(N)=O)C(=O)O. The van der Waals surface area contributed by atoms with E-state index in [1.807, 2.05) is 22.0 Å². The van der Waals surface area contributed by atoms with Gasteiger partial charge in [-0.1, -0.05) is 30.3 Å². The number of unbranched alkanes of at least 4 members (excludes halogenated alkanes) is 1. The van der Waals surface area contributed by atoms with Crippen LogP contribution in [0.1, 0.15) is 70.3 Å². The van der Waals surface area contributed by atoms with E-state index in [1.165, 1.54) is 4.90 Å². The summed E-state index contributed by atoms with van der Waals surface area (Å²) in [7, 11) is 0.